The van der Waals surface area contributed by atoms with Gasteiger partial charge in [-0.05, 0) is 103 Å². The van der Waals surface area contributed by atoms with Crippen LogP contribution in [0, 0.1) is 20.8 Å². The summed E-state index contributed by atoms with van der Waals surface area (Å²) in [7, 11) is 0. The van der Waals surface area contributed by atoms with E-state index in [-0.39, 0.29) is 0 Å². The van der Waals surface area contributed by atoms with Crippen molar-refractivity contribution in [3.8, 4) is 62.1 Å². The lowest BCUT2D eigenvalue weighted by Gasteiger charge is -2.17. The van der Waals surface area contributed by atoms with E-state index in [0.717, 1.165) is 66.5 Å². The highest BCUT2D eigenvalue weighted by Crippen LogP contribution is 2.41. The van der Waals surface area contributed by atoms with Gasteiger partial charge in [0.05, 0.1) is 16.7 Å². The Morgan fingerprint density at radius 3 is 1.66 bits per heavy atom. The van der Waals surface area contributed by atoms with Gasteiger partial charge < -0.3 is 8.98 Å². The summed E-state index contributed by atoms with van der Waals surface area (Å²) in [6.45, 7) is 6.59. The normalized spacial score (nSPS) is 11.6. The molecule has 280 valence electrons. The Labute approximate surface area is 341 Å². The first-order valence-electron chi connectivity index (χ1n) is 20.0. The number of aromatic nitrogens is 4. The monoisotopic (exact) mass is 758 g/mol. The van der Waals surface area contributed by atoms with Crippen LogP contribution < -0.4 is 0 Å². The van der Waals surface area contributed by atoms with Crippen molar-refractivity contribution in [2.75, 3.05) is 0 Å². The number of rotatable bonds is 6. The quantitative estimate of drug-likeness (QED) is 0.169. The van der Waals surface area contributed by atoms with Crippen LogP contribution in [0.3, 0.4) is 0 Å². The minimum Gasteiger partial charge on any atom is -0.456 e. The van der Waals surface area contributed by atoms with Crippen molar-refractivity contribution >= 4 is 43.7 Å². The second kappa shape index (κ2) is 13.8. The highest BCUT2D eigenvalue weighted by Gasteiger charge is 2.21. The molecule has 11 rings (SSSR count). The summed E-state index contributed by atoms with van der Waals surface area (Å²) in [5, 5.41) is 4.55. The van der Waals surface area contributed by atoms with Gasteiger partial charge in [0.25, 0.3) is 0 Å². The highest BCUT2D eigenvalue weighted by atomic mass is 16.3. The van der Waals surface area contributed by atoms with Gasteiger partial charge in [0.2, 0.25) is 0 Å². The van der Waals surface area contributed by atoms with Gasteiger partial charge in [-0.25, -0.2) is 15.0 Å². The van der Waals surface area contributed by atoms with Crippen LogP contribution in [0.25, 0.3) is 106 Å². The maximum absolute atomic E-state index is 6.22. The first-order chi connectivity index (χ1) is 29.0. The lowest BCUT2D eigenvalue weighted by molar-refractivity contribution is 0.669. The standard InChI is InChI=1S/C54H38N4O/c1-33-28-34(2)51(35(3)29-33)40-23-26-47-43(32-40)41-18-10-12-20-46(41)58(47)48-25-22-38(39-24-27-50-44(30-39)42-19-11-13-21-49(42)59-50)31-45(48)54-56-52(36-14-6-4-7-15-36)55-53(57-54)37-16-8-5-9-17-37/h4-32H,1-3H3. The summed E-state index contributed by atoms with van der Waals surface area (Å²) in [5.41, 5.74) is 16.2. The van der Waals surface area contributed by atoms with E-state index in [0.29, 0.717) is 17.5 Å². The van der Waals surface area contributed by atoms with Crippen molar-refractivity contribution in [3.05, 3.63) is 193 Å². The van der Waals surface area contributed by atoms with E-state index in [1.807, 2.05) is 48.5 Å². The Morgan fingerprint density at radius 1 is 0.390 bits per heavy atom. The van der Waals surface area contributed by atoms with Crippen LogP contribution in [0.5, 0.6) is 0 Å². The Bertz CT molecular complexity index is 3330. The molecular weight excluding hydrogens is 721 g/mol. The number of furan rings is 1. The van der Waals surface area contributed by atoms with Crippen LogP contribution in [-0.4, -0.2) is 19.5 Å². The third-order valence-electron chi connectivity index (χ3n) is 11.5. The first-order valence-corrected chi connectivity index (χ1v) is 20.0. The molecule has 8 aromatic carbocycles. The molecule has 5 nitrogen and oxygen atoms in total. The molecule has 0 aliphatic heterocycles. The predicted octanol–water partition coefficient (Wildman–Crippen LogP) is 14.1. The Kier molecular flexibility index (Phi) is 8.09. The zero-order valence-corrected chi connectivity index (χ0v) is 32.9. The molecule has 5 heteroatoms. The molecule has 0 saturated heterocycles. The van der Waals surface area contributed by atoms with Crippen LogP contribution in [0.1, 0.15) is 16.7 Å². The summed E-state index contributed by atoms with van der Waals surface area (Å²) in [6, 6.07) is 61.8. The summed E-state index contributed by atoms with van der Waals surface area (Å²) in [5.74, 6) is 1.83. The Morgan fingerprint density at radius 2 is 0.932 bits per heavy atom. The van der Waals surface area contributed by atoms with Crippen molar-refractivity contribution in [2.24, 2.45) is 0 Å². The second-order valence-corrected chi connectivity index (χ2v) is 15.4. The van der Waals surface area contributed by atoms with Gasteiger partial charge in [-0.2, -0.15) is 0 Å². The zero-order valence-electron chi connectivity index (χ0n) is 32.9. The summed E-state index contributed by atoms with van der Waals surface area (Å²) in [4.78, 5) is 15.6. The van der Waals surface area contributed by atoms with E-state index in [4.69, 9.17) is 19.4 Å². The van der Waals surface area contributed by atoms with Crippen LogP contribution >= 0.6 is 0 Å². The predicted molar refractivity (Wildman–Crippen MR) is 243 cm³/mol. The van der Waals surface area contributed by atoms with Crippen molar-refractivity contribution in [1.82, 2.24) is 19.5 Å². The molecule has 0 bridgehead atoms. The third kappa shape index (κ3) is 5.90. The SMILES string of the molecule is Cc1cc(C)c(-c2ccc3c(c2)c2ccccc2n3-c2ccc(-c3ccc4oc5ccccc5c4c3)cc2-c2nc(-c3ccccc3)nc(-c3ccccc3)n2)c(C)c1. The van der Waals surface area contributed by atoms with Gasteiger partial charge >= 0.3 is 0 Å². The average molecular weight is 759 g/mol. The fraction of sp³-hybridized carbons (Fsp3) is 0.0556. The van der Waals surface area contributed by atoms with Crippen LogP contribution in [0.2, 0.25) is 0 Å². The third-order valence-corrected chi connectivity index (χ3v) is 11.5. The minimum absolute atomic E-state index is 0.595. The number of para-hydroxylation sites is 2. The van der Waals surface area contributed by atoms with Gasteiger partial charge in [0.15, 0.2) is 17.5 Å². The molecular formula is C54H38N4O. The van der Waals surface area contributed by atoms with Crippen molar-refractivity contribution in [3.63, 3.8) is 0 Å². The molecule has 0 N–H and O–H groups in total. The maximum atomic E-state index is 6.22. The van der Waals surface area contributed by atoms with E-state index in [1.54, 1.807) is 0 Å². The topological polar surface area (TPSA) is 56.7 Å². The molecule has 0 aliphatic carbocycles. The van der Waals surface area contributed by atoms with Gasteiger partial charge in [-0.1, -0.05) is 133 Å². The number of hydrogen-bond donors (Lipinski definition) is 0. The fourth-order valence-corrected chi connectivity index (χ4v) is 8.95. The fourth-order valence-electron chi connectivity index (χ4n) is 8.95. The molecule has 0 spiro atoms. The van der Waals surface area contributed by atoms with E-state index in [9.17, 15) is 0 Å². The molecule has 0 unspecified atom stereocenters. The molecule has 0 radical (unpaired) electrons. The Balaban J connectivity index is 1.19. The van der Waals surface area contributed by atoms with Gasteiger partial charge in [0, 0.05) is 38.2 Å². The van der Waals surface area contributed by atoms with Crippen LogP contribution in [0.4, 0.5) is 0 Å². The molecule has 0 amide bonds. The molecule has 11 aromatic rings. The molecule has 0 atom stereocenters. The largest absolute Gasteiger partial charge is 0.456 e. The molecule has 3 heterocycles. The number of aryl methyl sites for hydroxylation is 3. The van der Waals surface area contributed by atoms with E-state index in [1.165, 1.54) is 38.6 Å². The lowest BCUT2D eigenvalue weighted by Crippen LogP contribution is -2.04. The Hall–Kier alpha value is -7.63. The number of hydrogen-bond acceptors (Lipinski definition) is 4. The first kappa shape index (κ1) is 34.6. The molecule has 0 aliphatic rings. The molecule has 59 heavy (non-hydrogen) atoms. The average Bonchev–Trinajstić information content (AvgIpc) is 3.81. The molecule has 0 saturated carbocycles. The van der Waals surface area contributed by atoms with Crippen molar-refractivity contribution < 1.29 is 4.42 Å². The van der Waals surface area contributed by atoms with Crippen LogP contribution in [-0.2, 0) is 0 Å². The molecule has 0 fully saturated rings. The van der Waals surface area contributed by atoms with Gasteiger partial charge in [0.1, 0.15) is 11.2 Å². The summed E-state index contributed by atoms with van der Waals surface area (Å²) >= 11 is 0. The summed E-state index contributed by atoms with van der Waals surface area (Å²) < 4.78 is 8.60. The smallest absolute Gasteiger partial charge is 0.166 e. The zero-order chi connectivity index (χ0) is 39.6. The number of fused-ring (bicyclic) bond motifs is 6. The van der Waals surface area contributed by atoms with E-state index in [2.05, 4.69) is 153 Å². The number of benzene rings is 8. The van der Waals surface area contributed by atoms with E-state index < -0.39 is 0 Å². The molecule has 3 aromatic heterocycles. The summed E-state index contributed by atoms with van der Waals surface area (Å²) in [6.07, 6.45) is 0. The maximum Gasteiger partial charge on any atom is 0.166 e. The number of nitrogens with zero attached hydrogens (tertiary/aromatic N) is 4. The van der Waals surface area contributed by atoms with Crippen LogP contribution in [0.15, 0.2) is 180 Å². The van der Waals surface area contributed by atoms with Gasteiger partial charge in [-0.15, -0.1) is 0 Å². The van der Waals surface area contributed by atoms with Crippen molar-refractivity contribution in [1.29, 1.82) is 0 Å². The minimum atomic E-state index is 0.595. The second-order valence-electron chi connectivity index (χ2n) is 15.4. The van der Waals surface area contributed by atoms with Gasteiger partial charge in [-0.3, -0.25) is 0 Å². The highest BCUT2D eigenvalue weighted by molar-refractivity contribution is 6.11. The van der Waals surface area contributed by atoms with Crippen molar-refractivity contribution in [2.45, 2.75) is 20.8 Å². The van der Waals surface area contributed by atoms with E-state index >= 15 is 0 Å². The lowest BCUT2D eigenvalue weighted by atomic mass is 9.93.